The van der Waals surface area contributed by atoms with E-state index in [1.165, 1.54) is 0 Å². The van der Waals surface area contributed by atoms with Crippen LogP contribution < -0.4 is 5.73 Å². The Morgan fingerprint density at radius 2 is 2.03 bits per heavy atom. The van der Waals surface area contributed by atoms with Crippen molar-refractivity contribution in [3.05, 3.63) is 47.1 Å². The van der Waals surface area contributed by atoms with Gasteiger partial charge in [0.15, 0.2) is 11.9 Å². The summed E-state index contributed by atoms with van der Waals surface area (Å²) < 4.78 is 7.80. The number of nitrogens with two attached hydrogens (primary N) is 1. The van der Waals surface area contributed by atoms with Crippen molar-refractivity contribution >= 4 is 39.5 Å². The zero-order valence-corrected chi connectivity index (χ0v) is 22.1. The first-order valence-corrected chi connectivity index (χ1v) is 13.1. The minimum atomic E-state index is -1.11. The van der Waals surface area contributed by atoms with E-state index in [0.29, 0.717) is 23.4 Å². The SMILES string of the molecule is Cc1cc2[nH]c(CCCCN(C[C@H]3O[C@@H](n4cnc5c(N)ccnc54)[C@H](O)[C@@H]3O)C(C)C)nc2cc1Cl. The number of nitrogen functional groups attached to an aromatic ring is 1. The van der Waals surface area contributed by atoms with Crippen LogP contribution in [0.4, 0.5) is 5.69 Å². The first-order valence-electron chi connectivity index (χ1n) is 12.7. The van der Waals surface area contributed by atoms with Gasteiger partial charge in [0.25, 0.3) is 0 Å². The van der Waals surface area contributed by atoms with E-state index >= 15 is 0 Å². The van der Waals surface area contributed by atoms with Gasteiger partial charge in [0, 0.05) is 30.2 Å². The lowest BCUT2D eigenvalue weighted by atomic mass is 10.1. The number of H-pyrrole nitrogens is 1. The fourth-order valence-corrected chi connectivity index (χ4v) is 5.12. The van der Waals surface area contributed by atoms with Gasteiger partial charge in [0.2, 0.25) is 0 Å². The molecule has 11 heteroatoms. The second-order valence-electron chi connectivity index (χ2n) is 10.1. The highest BCUT2D eigenvalue weighted by Gasteiger charge is 2.45. The Balaban J connectivity index is 1.19. The lowest BCUT2D eigenvalue weighted by Gasteiger charge is -2.30. The van der Waals surface area contributed by atoms with Crippen LogP contribution in [0.15, 0.2) is 30.7 Å². The third kappa shape index (κ3) is 5.17. The molecule has 4 atom stereocenters. The Kier molecular flexibility index (Phi) is 7.37. The number of ether oxygens (including phenoxy) is 1. The summed E-state index contributed by atoms with van der Waals surface area (Å²) in [6, 6.07) is 5.85. The van der Waals surface area contributed by atoms with Crippen molar-refractivity contribution in [1.82, 2.24) is 29.4 Å². The topological polar surface area (TPSA) is 138 Å². The smallest absolute Gasteiger partial charge is 0.165 e. The number of hydrogen-bond acceptors (Lipinski definition) is 8. The van der Waals surface area contributed by atoms with Gasteiger partial charge in [-0.2, -0.15) is 0 Å². The number of imidazole rings is 2. The van der Waals surface area contributed by atoms with Crippen LogP contribution in [0.3, 0.4) is 0 Å². The summed E-state index contributed by atoms with van der Waals surface area (Å²) in [7, 11) is 0. The van der Waals surface area contributed by atoms with Gasteiger partial charge in [-0.25, -0.2) is 15.0 Å². The number of aromatic amines is 1. The predicted molar refractivity (Wildman–Crippen MR) is 143 cm³/mol. The molecular weight excluding hydrogens is 494 g/mol. The van der Waals surface area contributed by atoms with Crippen molar-refractivity contribution < 1.29 is 14.9 Å². The van der Waals surface area contributed by atoms with E-state index in [1.807, 2.05) is 19.1 Å². The number of aromatic nitrogens is 5. The average Bonchev–Trinajstić information content (AvgIpc) is 3.53. The first kappa shape index (κ1) is 25.9. The Hall–Kier alpha value is -2.76. The molecule has 1 saturated heterocycles. The van der Waals surface area contributed by atoms with E-state index in [4.69, 9.17) is 22.1 Å². The molecule has 198 valence electrons. The van der Waals surface area contributed by atoms with Crippen molar-refractivity contribution in [3.8, 4) is 0 Å². The number of halogens is 1. The summed E-state index contributed by atoms with van der Waals surface area (Å²) in [6.07, 6.45) is 2.41. The number of nitrogens with zero attached hydrogens (tertiary/aromatic N) is 5. The van der Waals surface area contributed by atoms with Crippen LogP contribution in [-0.2, 0) is 11.2 Å². The average molecular weight is 528 g/mol. The molecule has 10 nitrogen and oxygen atoms in total. The molecule has 1 aliphatic rings. The van der Waals surface area contributed by atoms with Crippen LogP contribution in [0.25, 0.3) is 22.2 Å². The molecule has 0 saturated carbocycles. The minimum Gasteiger partial charge on any atom is -0.397 e. The summed E-state index contributed by atoms with van der Waals surface area (Å²) in [6.45, 7) is 7.56. The van der Waals surface area contributed by atoms with Crippen molar-refractivity contribution in [1.29, 1.82) is 0 Å². The molecule has 4 aromatic rings. The summed E-state index contributed by atoms with van der Waals surface area (Å²) in [5, 5.41) is 22.3. The van der Waals surface area contributed by atoms with Crippen LogP contribution >= 0.6 is 11.6 Å². The standard InChI is InChI=1S/C26H34ClN7O3/c1-14(2)33(9-5-4-6-21-31-18-10-15(3)16(27)11-19(18)32-21)12-20-23(35)24(36)26(37-20)34-13-30-22-17(28)7-8-29-25(22)34/h7-8,10-11,13-14,20,23-24,26,35-36H,4-6,9,12H2,1-3H3,(H2,28,29)(H,31,32)/t20-,23-,24-,26-/m1/s1. The number of fused-ring (bicyclic) bond motifs is 2. The van der Waals surface area contributed by atoms with E-state index in [2.05, 4.69) is 38.7 Å². The quantitative estimate of drug-likeness (QED) is 0.243. The van der Waals surface area contributed by atoms with Gasteiger partial charge < -0.3 is 25.7 Å². The molecule has 0 spiro atoms. The maximum absolute atomic E-state index is 10.8. The van der Waals surface area contributed by atoms with Gasteiger partial charge in [-0.3, -0.25) is 9.47 Å². The van der Waals surface area contributed by atoms with Crippen LogP contribution in [0.5, 0.6) is 0 Å². The molecular formula is C26H34ClN7O3. The Bertz CT molecular complexity index is 1350. The van der Waals surface area contributed by atoms with Crippen molar-refractivity contribution in [2.75, 3.05) is 18.8 Å². The van der Waals surface area contributed by atoms with E-state index in [0.717, 1.165) is 53.3 Å². The number of benzene rings is 1. The van der Waals surface area contributed by atoms with Crippen LogP contribution in [0.2, 0.25) is 5.02 Å². The monoisotopic (exact) mass is 527 g/mol. The normalized spacial score (nSPS) is 22.3. The van der Waals surface area contributed by atoms with Gasteiger partial charge in [-0.15, -0.1) is 0 Å². The van der Waals surface area contributed by atoms with Crippen LogP contribution in [0, 0.1) is 6.92 Å². The van der Waals surface area contributed by atoms with Crippen molar-refractivity contribution in [3.63, 3.8) is 0 Å². The highest BCUT2D eigenvalue weighted by Crippen LogP contribution is 2.33. The van der Waals surface area contributed by atoms with E-state index in [9.17, 15) is 10.2 Å². The summed E-state index contributed by atoms with van der Waals surface area (Å²) in [5.41, 5.74) is 10.5. The maximum Gasteiger partial charge on any atom is 0.165 e. The van der Waals surface area contributed by atoms with Gasteiger partial charge in [-0.1, -0.05) is 11.6 Å². The number of aryl methyl sites for hydroxylation is 2. The summed E-state index contributed by atoms with van der Waals surface area (Å²) >= 11 is 6.23. The number of hydrogen-bond donors (Lipinski definition) is 4. The van der Waals surface area contributed by atoms with Crippen LogP contribution in [0.1, 0.15) is 44.3 Å². The highest BCUT2D eigenvalue weighted by atomic mass is 35.5. The van der Waals surface area contributed by atoms with Gasteiger partial charge in [0.1, 0.15) is 29.7 Å². The molecule has 0 unspecified atom stereocenters. The molecule has 0 amide bonds. The number of rotatable bonds is 9. The highest BCUT2D eigenvalue weighted by molar-refractivity contribution is 6.32. The molecule has 0 radical (unpaired) electrons. The second-order valence-corrected chi connectivity index (χ2v) is 10.5. The molecule has 1 aromatic carbocycles. The first-order chi connectivity index (χ1) is 17.7. The van der Waals surface area contributed by atoms with Gasteiger partial charge in [0.05, 0.1) is 23.0 Å². The lowest BCUT2D eigenvalue weighted by Crippen LogP contribution is -2.43. The number of aliphatic hydroxyl groups excluding tert-OH is 2. The summed E-state index contributed by atoms with van der Waals surface area (Å²) in [4.78, 5) is 19.0. The number of nitrogens with one attached hydrogen (secondary N) is 1. The predicted octanol–water partition coefficient (Wildman–Crippen LogP) is 3.20. The molecule has 4 heterocycles. The Morgan fingerprint density at radius 1 is 1.22 bits per heavy atom. The fraction of sp³-hybridized carbons (Fsp3) is 0.500. The van der Waals surface area contributed by atoms with E-state index in [-0.39, 0.29) is 6.04 Å². The molecule has 0 bridgehead atoms. The molecule has 1 fully saturated rings. The molecule has 5 N–H and O–H groups in total. The Morgan fingerprint density at radius 3 is 2.81 bits per heavy atom. The third-order valence-electron chi connectivity index (χ3n) is 7.17. The third-order valence-corrected chi connectivity index (χ3v) is 7.58. The molecule has 0 aliphatic carbocycles. The maximum atomic E-state index is 10.8. The summed E-state index contributed by atoms with van der Waals surface area (Å²) in [5.74, 6) is 0.954. The number of aliphatic hydroxyl groups is 2. The second kappa shape index (κ2) is 10.5. The minimum absolute atomic E-state index is 0.249. The number of pyridine rings is 1. The van der Waals surface area contributed by atoms with Crippen molar-refractivity contribution in [2.45, 2.75) is 70.6 Å². The molecule has 5 rings (SSSR count). The molecule has 3 aromatic heterocycles. The Labute approximate surface area is 220 Å². The van der Waals surface area contributed by atoms with E-state index < -0.39 is 24.5 Å². The van der Waals surface area contributed by atoms with Crippen LogP contribution in [-0.4, -0.2) is 77.1 Å². The van der Waals surface area contributed by atoms with Gasteiger partial charge >= 0.3 is 0 Å². The number of unbranched alkanes of at least 4 members (excludes halogenated alkanes) is 1. The molecule has 1 aliphatic heterocycles. The zero-order valence-electron chi connectivity index (χ0n) is 21.3. The van der Waals surface area contributed by atoms with Crippen molar-refractivity contribution in [2.24, 2.45) is 0 Å². The van der Waals surface area contributed by atoms with Gasteiger partial charge in [-0.05, 0) is 63.9 Å². The van der Waals surface area contributed by atoms with E-state index in [1.54, 1.807) is 23.2 Å². The fourth-order valence-electron chi connectivity index (χ4n) is 4.96. The zero-order chi connectivity index (χ0) is 26.3. The number of anilines is 1. The lowest BCUT2D eigenvalue weighted by molar-refractivity contribution is -0.0469. The molecule has 37 heavy (non-hydrogen) atoms. The largest absolute Gasteiger partial charge is 0.397 e.